The number of guanidine groups is 1. The van der Waals surface area contributed by atoms with Gasteiger partial charge in [0.1, 0.15) is 0 Å². The molecule has 1 N–H and O–H groups in total. The van der Waals surface area contributed by atoms with Gasteiger partial charge in [0.25, 0.3) is 0 Å². The molecular weight excluding hydrogens is 445 g/mol. The number of thioether (sulfide) groups is 1. The first kappa shape index (κ1) is 23.3. The lowest BCUT2D eigenvalue weighted by Gasteiger charge is -2.39. The minimum atomic E-state index is -3.12. The molecule has 23 heavy (non-hydrogen) atoms. The maximum absolute atomic E-state index is 12.2. The van der Waals surface area contributed by atoms with Gasteiger partial charge in [-0.05, 0) is 41.5 Å². The molecule has 0 aromatic heterocycles. The molecule has 0 aromatic rings. The van der Waals surface area contributed by atoms with E-state index in [-0.39, 0.29) is 34.5 Å². The monoisotopic (exact) mass is 477 g/mol. The van der Waals surface area contributed by atoms with Crippen LogP contribution in [0.1, 0.15) is 41.5 Å². The third-order valence-electron chi connectivity index (χ3n) is 3.61. The highest BCUT2D eigenvalue weighted by Crippen LogP contribution is 2.29. The predicted molar refractivity (Wildman–Crippen MR) is 113 cm³/mol. The van der Waals surface area contributed by atoms with E-state index in [4.69, 9.17) is 0 Å². The standard InChI is InChI=1S/C15H31N3O2S2.HI/c1-7-16-13(18-9-10-21-15(5,6)12-18)17-8-11-22(19,20)14(2,3)4;/h7-12H2,1-6H3,(H,16,17);1H. The van der Waals surface area contributed by atoms with E-state index in [9.17, 15) is 8.42 Å². The zero-order valence-electron chi connectivity index (χ0n) is 15.2. The van der Waals surface area contributed by atoms with Crippen molar-refractivity contribution in [1.29, 1.82) is 0 Å². The van der Waals surface area contributed by atoms with Crippen molar-refractivity contribution in [2.24, 2.45) is 4.99 Å². The average molecular weight is 477 g/mol. The summed E-state index contributed by atoms with van der Waals surface area (Å²) in [6, 6.07) is 0. The summed E-state index contributed by atoms with van der Waals surface area (Å²) in [4.78, 5) is 6.78. The van der Waals surface area contributed by atoms with Gasteiger partial charge in [-0.2, -0.15) is 11.8 Å². The van der Waals surface area contributed by atoms with Crippen molar-refractivity contribution in [3.8, 4) is 0 Å². The minimum Gasteiger partial charge on any atom is -0.357 e. The molecule has 1 fully saturated rings. The summed E-state index contributed by atoms with van der Waals surface area (Å²) in [7, 11) is -3.12. The number of aliphatic imine (C=N–C) groups is 1. The number of hydrogen-bond acceptors (Lipinski definition) is 4. The molecular formula is C15H32IN3O2S2. The zero-order valence-corrected chi connectivity index (χ0v) is 19.1. The summed E-state index contributed by atoms with van der Waals surface area (Å²) in [5.41, 5.74) is 0. The highest BCUT2D eigenvalue weighted by Gasteiger charge is 2.30. The van der Waals surface area contributed by atoms with E-state index in [0.29, 0.717) is 6.54 Å². The van der Waals surface area contributed by atoms with Crippen molar-refractivity contribution in [1.82, 2.24) is 10.2 Å². The fourth-order valence-corrected chi connectivity index (χ4v) is 4.26. The van der Waals surface area contributed by atoms with Crippen molar-refractivity contribution in [2.75, 3.05) is 37.7 Å². The van der Waals surface area contributed by atoms with E-state index in [1.165, 1.54) is 0 Å². The Morgan fingerprint density at radius 1 is 1.35 bits per heavy atom. The number of nitrogens with zero attached hydrogens (tertiary/aromatic N) is 2. The van der Waals surface area contributed by atoms with Crippen molar-refractivity contribution in [3.05, 3.63) is 0 Å². The van der Waals surface area contributed by atoms with Crippen LogP contribution in [-0.4, -0.2) is 66.5 Å². The van der Waals surface area contributed by atoms with E-state index in [1.807, 2.05) is 18.7 Å². The van der Waals surface area contributed by atoms with Gasteiger partial charge >= 0.3 is 0 Å². The first-order valence-corrected chi connectivity index (χ1v) is 10.5. The Labute approximate surface area is 163 Å². The van der Waals surface area contributed by atoms with E-state index in [0.717, 1.165) is 31.3 Å². The number of halogens is 1. The molecule has 0 bridgehead atoms. The summed E-state index contributed by atoms with van der Waals surface area (Å²) in [5, 5.41) is 3.29. The number of sulfone groups is 1. The molecule has 0 amide bonds. The van der Waals surface area contributed by atoms with Gasteiger partial charge in [-0.3, -0.25) is 4.99 Å². The van der Waals surface area contributed by atoms with Gasteiger partial charge in [-0.25, -0.2) is 8.42 Å². The van der Waals surface area contributed by atoms with E-state index in [1.54, 1.807) is 20.8 Å². The molecule has 5 nitrogen and oxygen atoms in total. The largest absolute Gasteiger partial charge is 0.357 e. The highest BCUT2D eigenvalue weighted by molar-refractivity contribution is 14.0. The quantitative estimate of drug-likeness (QED) is 0.383. The van der Waals surface area contributed by atoms with Crippen LogP contribution in [0.5, 0.6) is 0 Å². The third-order valence-corrected chi connectivity index (χ3v) is 7.50. The van der Waals surface area contributed by atoms with Crippen LogP contribution < -0.4 is 5.32 Å². The van der Waals surface area contributed by atoms with Gasteiger partial charge in [-0.15, -0.1) is 24.0 Å². The molecule has 1 heterocycles. The van der Waals surface area contributed by atoms with Gasteiger partial charge in [0, 0.05) is 30.1 Å². The van der Waals surface area contributed by atoms with Crippen LogP contribution in [0.15, 0.2) is 4.99 Å². The first-order valence-electron chi connectivity index (χ1n) is 7.88. The second kappa shape index (κ2) is 9.12. The van der Waals surface area contributed by atoms with Crippen LogP contribution >= 0.6 is 35.7 Å². The van der Waals surface area contributed by atoms with E-state index in [2.05, 4.69) is 29.1 Å². The molecule has 1 saturated heterocycles. The molecule has 1 aliphatic rings. The summed E-state index contributed by atoms with van der Waals surface area (Å²) < 4.78 is 23.8. The molecule has 1 rings (SSSR count). The molecule has 8 heteroatoms. The topological polar surface area (TPSA) is 61.8 Å². The summed E-state index contributed by atoms with van der Waals surface area (Å²) in [6.45, 7) is 14.7. The van der Waals surface area contributed by atoms with Crippen molar-refractivity contribution in [3.63, 3.8) is 0 Å². The molecule has 0 saturated carbocycles. The molecule has 0 spiro atoms. The van der Waals surface area contributed by atoms with E-state index < -0.39 is 14.6 Å². The van der Waals surface area contributed by atoms with Crippen LogP contribution in [0.4, 0.5) is 0 Å². The Balaban J connectivity index is 0.00000484. The number of nitrogens with one attached hydrogen (secondary N) is 1. The summed E-state index contributed by atoms with van der Waals surface area (Å²) in [6.07, 6.45) is 0. The maximum Gasteiger partial charge on any atom is 0.194 e. The van der Waals surface area contributed by atoms with Gasteiger partial charge in [-0.1, -0.05) is 0 Å². The van der Waals surface area contributed by atoms with Crippen LogP contribution in [0.3, 0.4) is 0 Å². The van der Waals surface area contributed by atoms with Crippen molar-refractivity contribution >= 4 is 51.5 Å². The number of rotatable bonds is 4. The minimum absolute atomic E-state index is 0. The van der Waals surface area contributed by atoms with Crippen LogP contribution in [0.25, 0.3) is 0 Å². The summed E-state index contributed by atoms with van der Waals surface area (Å²) >= 11 is 1.97. The third kappa shape index (κ3) is 7.37. The van der Waals surface area contributed by atoms with E-state index >= 15 is 0 Å². The van der Waals surface area contributed by atoms with Crippen LogP contribution in [0, 0.1) is 0 Å². The second-order valence-corrected chi connectivity index (χ2v) is 11.9. The lowest BCUT2D eigenvalue weighted by molar-refractivity contribution is 0.376. The Kier molecular flexibility index (Phi) is 9.24. The van der Waals surface area contributed by atoms with Gasteiger partial charge in [0.05, 0.1) is 17.0 Å². The zero-order chi connectivity index (χ0) is 17.0. The normalized spacial score (nSPS) is 19.2. The van der Waals surface area contributed by atoms with Crippen molar-refractivity contribution in [2.45, 2.75) is 51.0 Å². The molecule has 1 aliphatic heterocycles. The lowest BCUT2D eigenvalue weighted by atomic mass is 10.2. The Morgan fingerprint density at radius 3 is 2.43 bits per heavy atom. The summed E-state index contributed by atoms with van der Waals surface area (Å²) in [5.74, 6) is 2.00. The molecule has 0 aliphatic carbocycles. The fraction of sp³-hybridized carbons (Fsp3) is 0.933. The number of hydrogen-bond donors (Lipinski definition) is 1. The second-order valence-electron chi connectivity index (χ2n) is 7.20. The SMILES string of the molecule is CCNC(=NCCS(=O)(=O)C(C)(C)C)N1CCSC(C)(C)C1.I. The van der Waals surface area contributed by atoms with Crippen LogP contribution in [0.2, 0.25) is 0 Å². The first-order chi connectivity index (χ1) is 9.98. The molecule has 0 radical (unpaired) electrons. The average Bonchev–Trinajstić information content (AvgIpc) is 2.35. The Bertz CT molecular complexity index is 499. The highest BCUT2D eigenvalue weighted by atomic mass is 127. The maximum atomic E-state index is 12.2. The van der Waals surface area contributed by atoms with Gasteiger partial charge < -0.3 is 10.2 Å². The Hall–Kier alpha value is 0.300. The molecule has 0 aromatic carbocycles. The molecule has 0 unspecified atom stereocenters. The predicted octanol–water partition coefficient (Wildman–Crippen LogP) is 2.61. The lowest BCUT2D eigenvalue weighted by Crippen LogP contribution is -2.51. The Morgan fingerprint density at radius 2 is 1.96 bits per heavy atom. The van der Waals surface area contributed by atoms with Crippen molar-refractivity contribution < 1.29 is 8.42 Å². The molecule has 138 valence electrons. The molecule has 0 atom stereocenters. The van der Waals surface area contributed by atoms with Gasteiger partial charge in [0.2, 0.25) is 0 Å². The van der Waals surface area contributed by atoms with Crippen LogP contribution in [-0.2, 0) is 9.84 Å². The smallest absolute Gasteiger partial charge is 0.194 e. The van der Waals surface area contributed by atoms with Gasteiger partial charge in [0.15, 0.2) is 15.8 Å². The fourth-order valence-electron chi connectivity index (χ4n) is 2.20.